The molecule has 0 spiro atoms. The quantitative estimate of drug-likeness (QED) is 0.699. The summed E-state index contributed by atoms with van der Waals surface area (Å²) < 4.78 is 26.9. The van der Waals surface area contributed by atoms with Gasteiger partial charge in [0.05, 0.1) is 5.02 Å². The highest BCUT2D eigenvalue weighted by atomic mass is 35.5. The van der Waals surface area contributed by atoms with Crippen molar-refractivity contribution < 1.29 is 13.2 Å². The molecule has 0 atom stereocenters. The van der Waals surface area contributed by atoms with Crippen molar-refractivity contribution in [1.29, 1.82) is 0 Å². The molecule has 1 heterocycles. The minimum absolute atomic E-state index is 0.104. The molecule has 1 aliphatic rings. The molecule has 1 saturated heterocycles. The Labute approximate surface area is 171 Å². The Morgan fingerprint density at radius 2 is 1.68 bits per heavy atom. The summed E-state index contributed by atoms with van der Waals surface area (Å²) in [7, 11) is -3.66. The minimum Gasteiger partial charge on any atom is -0.337 e. The van der Waals surface area contributed by atoms with Gasteiger partial charge >= 0.3 is 0 Å². The molecule has 2 aromatic rings. The fourth-order valence-electron chi connectivity index (χ4n) is 3.08. The highest BCUT2D eigenvalue weighted by Crippen LogP contribution is 2.25. The normalized spacial score (nSPS) is 15.9. The van der Waals surface area contributed by atoms with Gasteiger partial charge in [-0.25, -0.2) is 8.42 Å². The van der Waals surface area contributed by atoms with Crippen LogP contribution >= 0.6 is 11.6 Å². The third-order valence-corrected chi connectivity index (χ3v) is 7.21. The van der Waals surface area contributed by atoms with E-state index in [0.29, 0.717) is 13.1 Å². The molecule has 1 fully saturated rings. The van der Waals surface area contributed by atoms with E-state index in [1.807, 2.05) is 24.3 Å². The first-order chi connectivity index (χ1) is 13.4. The Morgan fingerprint density at radius 3 is 2.29 bits per heavy atom. The first kappa shape index (κ1) is 20.6. The van der Waals surface area contributed by atoms with Crippen LogP contribution in [0.2, 0.25) is 5.02 Å². The molecule has 3 rings (SSSR count). The number of hydrogen-bond donors (Lipinski definition) is 0. The van der Waals surface area contributed by atoms with Gasteiger partial charge in [-0.15, -0.1) is 0 Å². The number of halogens is 1. The average molecular weight is 419 g/mol. The molecular formula is C21H23ClN2O3S. The van der Waals surface area contributed by atoms with Gasteiger partial charge in [-0.05, 0) is 35.8 Å². The fraction of sp³-hybridized carbons (Fsp3) is 0.286. The molecular weight excluding hydrogens is 396 g/mol. The lowest BCUT2D eigenvalue weighted by atomic mass is 10.1. The van der Waals surface area contributed by atoms with Crippen LogP contribution in [0, 0.1) is 0 Å². The largest absolute Gasteiger partial charge is 0.337 e. The van der Waals surface area contributed by atoms with Gasteiger partial charge in [-0.2, -0.15) is 4.31 Å². The number of sulfonamides is 1. The first-order valence-electron chi connectivity index (χ1n) is 9.22. The molecule has 0 bridgehead atoms. The van der Waals surface area contributed by atoms with Crippen LogP contribution in [0.4, 0.5) is 0 Å². The van der Waals surface area contributed by atoms with Crippen LogP contribution < -0.4 is 0 Å². The zero-order chi connectivity index (χ0) is 20.1. The predicted molar refractivity (Wildman–Crippen MR) is 112 cm³/mol. The monoisotopic (exact) mass is 418 g/mol. The third kappa shape index (κ3) is 4.63. The molecule has 2 aromatic carbocycles. The van der Waals surface area contributed by atoms with E-state index in [2.05, 4.69) is 6.92 Å². The Morgan fingerprint density at radius 1 is 1.04 bits per heavy atom. The number of nitrogens with zero attached hydrogens (tertiary/aromatic N) is 2. The van der Waals surface area contributed by atoms with Gasteiger partial charge in [0, 0.05) is 32.3 Å². The topological polar surface area (TPSA) is 57.7 Å². The zero-order valence-electron chi connectivity index (χ0n) is 15.7. The molecule has 148 valence electrons. The van der Waals surface area contributed by atoms with Gasteiger partial charge in [0.25, 0.3) is 0 Å². The van der Waals surface area contributed by atoms with Crippen LogP contribution in [-0.4, -0.2) is 49.7 Å². The molecule has 0 N–H and O–H groups in total. The summed E-state index contributed by atoms with van der Waals surface area (Å²) in [6, 6.07) is 14.5. The summed E-state index contributed by atoms with van der Waals surface area (Å²) in [4.78, 5) is 14.2. The standard InChI is InChI=1S/C21H23ClN2O3S/c1-2-17-7-9-18(10-8-17)11-12-21(25)23-13-15-24(16-14-23)28(26,27)20-6-4-3-5-19(20)22/h3-12H,2,13-16H2,1H3/b12-11+. The maximum atomic E-state index is 12.8. The Kier molecular flexibility index (Phi) is 6.54. The molecule has 0 aromatic heterocycles. The third-order valence-electron chi connectivity index (χ3n) is 4.81. The van der Waals surface area contributed by atoms with Crippen LogP contribution in [0.3, 0.4) is 0 Å². The molecule has 1 amide bonds. The lowest BCUT2D eigenvalue weighted by Crippen LogP contribution is -2.50. The smallest absolute Gasteiger partial charge is 0.246 e. The summed E-state index contributed by atoms with van der Waals surface area (Å²) in [6.45, 7) is 3.29. The average Bonchev–Trinajstić information content (AvgIpc) is 2.72. The summed E-state index contributed by atoms with van der Waals surface area (Å²) in [6.07, 6.45) is 4.30. The number of carbonyl (C=O) groups excluding carboxylic acids is 1. The van der Waals surface area contributed by atoms with E-state index < -0.39 is 10.0 Å². The molecule has 0 unspecified atom stereocenters. The van der Waals surface area contributed by atoms with Crippen molar-refractivity contribution in [3.8, 4) is 0 Å². The summed E-state index contributed by atoms with van der Waals surface area (Å²) >= 11 is 6.05. The lowest BCUT2D eigenvalue weighted by molar-refractivity contribution is -0.127. The van der Waals surface area contributed by atoms with Crippen molar-refractivity contribution in [2.24, 2.45) is 0 Å². The van der Waals surface area contributed by atoms with E-state index in [4.69, 9.17) is 11.6 Å². The molecule has 28 heavy (non-hydrogen) atoms. The summed E-state index contributed by atoms with van der Waals surface area (Å²) in [5.74, 6) is -0.116. The highest BCUT2D eigenvalue weighted by Gasteiger charge is 2.30. The van der Waals surface area contributed by atoms with E-state index in [-0.39, 0.29) is 28.9 Å². The highest BCUT2D eigenvalue weighted by molar-refractivity contribution is 7.89. The summed E-state index contributed by atoms with van der Waals surface area (Å²) in [5, 5.41) is 0.207. The first-order valence-corrected chi connectivity index (χ1v) is 11.0. The van der Waals surface area contributed by atoms with Gasteiger partial charge < -0.3 is 4.90 Å². The second-order valence-corrected chi connectivity index (χ2v) is 8.90. The lowest BCUT2D eigenvalue weighted by Gasteiger charge is -2.33. The van der Waals surface area contributed by atoms with Gasteiger partial charge in [0.2, 0.25) is 15.9 Å². The number of aryl methyl sites for hydroxylation is 1. The maximum absolute atomic E-state index is 12.8. The zero-order valence-corrected chi connectivity index (χ0v) is 17.3. The molecule has 5 nitrogen and oxygen atoms in total. The van der Waals surface area contributed by atoms with E-state index in [0.717, 1.165) is 12.0 Å². The van der Waals surface area contributed by atoms with Crippen molar-refractivity contribution in [1.82, 2.24) is 9.21 Å². The number of rotatable bonds is 5. The molecule has 0 saturated carbocycles. The van der Waals surface area contributed by atoms with Gasteiger partial charge in [-0.3, -0.25) is 4.79 Å². The Hall–Kier alpha value is -2.15. The maximum Gasteiger partial charge on any atom is 0.246 e. The number of benzene rings is 2. The number of hydrogen-bond acceptors (Lipinski definition) is 3. The van der Waals surface area contributed by atoms with Gasteiger partial charge in [0.1, 0.15) is 4.90 Å². The van der Waals surface area contributed by atoms with E-state index in [9.17, 15) is 13.2 Å². The van der Waals surface area contributed by atoms with Crippen LogP contribution in [0.25, 0.3) is 6.08 Å². The van der Waals surface area contributed by atoms with Crippen molar-refractivity contribution in [3.63, 3.8) is 0 Å². The second-order valence-electron chi connectivity index (χ2n) is 6.59. The van der Waals surface area contributed by atoms with Crippen LogP contribution in [0.5, 0.6) is 0 Å². The molecule has 7 heteroatoms. The fourth-order valence-corrected chi connectivity index (χ4v) is 4.99. The van der Waals surface area contributed by atoms with Gasteiger partial charge in [0.15, 0.2) is 0 Å². The predicted octanol–water partition coefficient (Wildman–Crippen LogP) is 3.45. The second kappa shape index (κ2) is 8.90. The van der Waals surface area contributed by atoms with E-state index in [1.165, 1.54) is 15.9 Å². The van der Waals surface area contributed by atoms with Crippen molar-refractivity contribution >= 4 is 33.6 Å². The van der Waals surface area contributed by atoms with E-state index in [1.54, 1.807) is 35.3 Å². The SMILES string of the molecule is CCc1ccc(/C=C/C(=O)N2CCN(S(=O)(=O)c3ccccc3Cl)CC2)cc1. The van der Waals surface area contributed by atoms with Crippen LogP contribution in [0.1, 0.15) is 18.1 Å². The van der Waals surface area contributed by atoms with Crippen molar-refractivity contribution in [2.45, 2.75) is 18.2 Å². The van der Waals surface area contributed by atoms with Crippen molar-refractivity contribution in [2.75, 3.05) is 26.2 Å². The number of carbonyl (C=O) groups is 1. The molecule has 0 aliphatic carbocycles. The molecule has 1 aliphatic heterocycles. The van der Waals surface area contributed by atoms with Crippen LogP contribution in [0.15, 0.2) is 59.5 Å². The number of piperazine rings is 1. The molecule has 0 radical (unpaired) electrons. The summed E-state index contributed by atoms with van der Waals surface area (Å²) in [5.41, 5.74) is 2.21. The van der Waals surface area contributed by atoms with Gasteiger partial charge in [-0.1, -0.05) is 54.9 Å². The minimum atomic E-state index is -3.66. The van der Waals surface area contributed by atoms with Crippen molar-refractivity contribution in [3.05, 3.63) is 70.8 Å². The number of amides is 1. The van der Waals surface area contributed by atoms with Crippen LogP contribution in [-0.2, 0) is 21.2 Å². The Balaban J connectivity index is 1.60. The Bertz CT molecular complexity index is 963. The van der Waals surface area contributed by atoms with E-state index >= 15 is 0 Å².